The lowest BCUT2D eigenvalue weighted by Crippen LogP contribution is -2.17. The lowest BCUT2D eigenvalue weighted by molar-refractivity contribution is -0.118. The predicted octanol–water partition coefficient (Wildman–Crippen LogP) is 5.29. The first-order valence-corrected chi connectivity index (χ1v) is 11.2. The van der Waals surface area contributed by atoms with E-state index in [1.54, 1.807) is 11.4 Å². The summed E-state index contributed by atoms with van der Waals surface area (Å²) < 4.78 is 1.70. The van der Waals surface area contributed by atoms with Gasteiger partial charge < -0.3 is 10.5 Å². The van der Waals surface area contributed by atoms with E-state index >= 15 is 0 Å². The summed E-state index contributed by atoms with van der Waals surface area (Å²) in [5, 5.41) is 4.47. The van der Waals surface area contributed by atoms with Crippen LogP contribution in [0, 0.1) is 5.92 Å². The molecule has 1 fully saturated rings. The second-order valence-corrected chi connectivity index (χ2v) is 8.82. The smallest absolute Gasteiger partial charge is 0.165 e. The first-order chi connectivity index (χ1) is 15.6. The maximum absolute atomic E-state index is 11.5. The van der Waals surface area contributed by atoms with E-state index in [-0.39, 0.29) is 5.78 Å². The van der Waals surface area contributed by atoms with E-state index < -0.39 is 0 Å². The van der Waals surface area contributed by atoms with Crippen LogP contribution in [0.2, 0.25) is 0 Å². The van der Waals surface area contributed by atoms with Gasteiger partial charge in [0.25, 0.3) is 0 Å². The number of fused-ring (bicyclic) bond motifs is 1. The summed E-state index contributed by atoms with van der Waals surface area (Å²) in [7, 11) is 0. The molecule has 0 aliphatic heterocycles. The predicted molar refractivity (Wildman–Crippen MR) is 126 cm³/mol. The summed E-state index contributed by atoms with van der Waals surface area (Å²) in [6, 6.07) is 16.2. The van der Waals surface area contributed by atoms with Crippen LogP contribution in [0.1, 0.15) is 50.6 Å². The van der Waals surface area contributed by atoms with Gasteiger partial charge in [0, 0.05) is 47.0 Å². The Morgan fingerprint density at radius 2 is 1.81 bits per heavy atom. The molecule has 4 aromatic rings. The number of hydrogen-bond donors (Lipinski definition) is 1. The first-order valence-electron chi connectivity index (χ1n) is 11.2. The molecule has 0 radical (unpaired) electrons. The Morgan fingerprint density at radius 1 is 1.03 bits per heavy atom. The molecule has 1 aliphatic rings. The summed E-state index contributed by atoms with van der Waals surface area (Å²) >= 11 is 0. The van der Waals surface area contributed by atoms with E-state index in [4.69, 9.17) is 10.7 Å². The van der Waals surface area contributed by atoms with Gasteiger partial charge in [-0.25, -0.2) is 4.98 Å². The number of benzene rings is 1. The number of rotatable bonds is 5. The molecule has 0 spiro atoms. The molecule has 1 saturated carbocycles. The minimum Gasteiger partial charge on any atom is -0.384 e. The van der Waals surface area contributed by atoms with Crippen molar-refractivity contribution in [2.75, 3.05) is 5.73 Å². The Bertz CT molecular complexity index is 1240. The third-order valence-corrected chi connectivity index (χ3v) is 6.50. The highest BCUT2D eigenvalue weighted by Crippen LogP contribution is 2.37. The van der Waals surface area contributed by atoms with Crippen LogP contribution >= 0.6 is 0 Å². The van der Waals surface area contributed by atoms with Crippen LogP contribution in [-0.2, 0) is 4.79 Å². The summed E-state index contributed by atoms with van der Waals surface area (Å²) in [5.41, 5.74) is 12.0. The zero-order chi connectivity index (χ0) is 22.1. The summed E-state index contributed by atoms with van der Waals surface area (Å²) in [5.74, 6) is 1.75. The number of Topliss-reactive ketones (excluding diaryl/α,β-unsaturated/α-hetero) is 1. The molecule has 32 heavy (non-hydrogen) atoms. The van der Waals surface area contributed by atoms with Crippen LogP contribution < -0.4 is 5.73 Å². The Morgan fingerprint density at radius 3 is 2.50 bits per heavy atom. The van der Waals surface area contributed by atoms with Crippen molar-refractivity contribution in [3.05, 3.63) is 66.6 Å². The molecule has 2 N–H and O–H groups in total. The van der Waals surface area contributed by atoms with Crippen LogP contribution in [-0.4, -0.2) is 25.4 Å². The number of aromatic nitrogens is 4. The number of hydrogen-bond acceptors (Lipinski definition) is 5. The standard InChI is InChI=1S/C26H27N5O/c1-17(32)13-18-7-9-20(10-8-18)24-14-25(27)31-26(30-24)22(16-29-31)21-11-12-23(28-15-21)19-5-3-2-4-6-19/h2-6,11-12,14-16,18,20H,7-10,13,27H2,1H3. The number of ketones is 1. The molecule has 3 aromatic heterocycles. The first kappa shape index (κ1) is 20.4. The van der Waals surface area contributed by atoms with Crippen molar-refractivity contribution in [2.45, 2.75) is 44.9 Å². The normalized spacial score (nSPS) is 18.7. The molecule has 1 aliphatic carbocycles. The molecule has 6 heteroatoms. The molecule has 5 rings (SSSR count). The van der Waals surface area contributed by atoms with Gasteiger partial charge in [0.05, 0.1) is 11.9 Å². The van der Waals surface area contributed by atoms with Gasteiger partial charge >= 0.3 is 0 Å². The number of pyridine rings is 1. The zero-order valence-electron chi connectivity index (χ0n) is 18.2. The fourth-order valence-corrected chi connectivity index (χ4v) is 4.82. The summed E-state index contributed by atoms with van der Waals surface area (Å²) in [4.78, 5) is 21.1. The number of anilines is 1. The maximum atomic E-state index is 11.5. The topological polar surface area (TPSA) is 86.2 Å². The molecule has 0 saturated heterocycles. The second-order valence-electron chi connectivity index (χ2n) is 8.82. The largest absolute Gasteiger partial charge is 0.384 e. The van der Waals surface area contributed by atoms with E-state index in [1.807, 2.05) is 42.7 Å². The van der Waals surface area contributed by atoms with Crippen molar-refractivity contribution in [1.29, 1.82) is 0 Å². The van der Waals surface area contributed by atoms with Gasteiger partial charge in [0.2, 0.25) is 0 Å². The third-order valence-electron chi connectivity index (χ3n) is 6.50. The molecule has 6 nitrogen and oxygen atoms in total. The maximum Gasteiger partial charge on any atom is 0.165 e. The number of carbonyl (C=O) groups excluding carboxylic acids is 1. The summed E-state index contributed by atoms with van der Waals surface area (Å²) in [6.07, 6.45) is 8.58. The van der Waals surface area contributed by atoms with Gasteiger partial charge in [0.1, 0.15) is 11.6 Å². The average molecular weight is 426 g/mol. The molecule has 0 amide bonds. The molecule has 0 unspecified atom stereocenters. The Hall–Kier alpha value is -3.54. The van der Waals surface area contributed by atoms with Gasteiger partial charge in [-0.3, -0.25) is 4.98 Å². The third kappa shape index (κ3) is 4.00. The Kier molecular flexibility index (Phi) is 5.43. The quantitative estimate of drug-likeness (QED) is 0.469. The van der Waals surface area contributed by atoms with Crippen molar-refractivity contribution in [3.63, 3.8) is 0 Å². The van der Waals surface area contributed by atoms with E-state index in [9.17, 15) is 4.79 Å². The number of nitrogens with two attached hydrogens (primary N) is 1. The van der Waals surface area contributed by atoms with Gasteiger partial charge in [-0.2, -0.15) is 9.61 Å². The number of nitrogen functional groups attached to an aromatic ring is 1. The summed E-state index contributed by atoms with van der Waals surface area (Å²) in [6.45, 7) is 1.69. The van der Waals surface area contributed by atoms with E-state index in [0.29, 0.717) is 24.1 Å². The fraction of sp³-hybridized carbons (Fsp3) is 0.308. The van der Waals surface area contributed by atoms with Gasteiger partial charge in [-0.05, 0) is 44.6 Å². The van der Waals surface area contributed by atoms with Crippen molar-refractivity contribution in [1.82, 2.24) is 19.6 Å². The lowest BCUT2D eigenvalue weighted by Gasteiger charge is -2.27. The highest BCUT2D eigenvalue weighted by atomic mass is 16.1. The van der Waals surface area contributed by atoms with E-state index in [1.165, 1.54) is 0 Å². The highest BCUT2D eigenvalue weighted by molar-refractivity contribution is 5.78. The molecule has 162 valence electrons. The fourth-order valence-electron chi connectivity index (χ4n) is 4.82. The zero-order valence-corrected chi connectivity index (χ0v) is 18.2. The molecule has 0 bridgehead atoms. The average Bonchev–Trinajstić information content (AvgIpc) is 3.24. The van der Waals surface area contributed by atoms with Crippen molar-refractivity contribution < 1.29 is 4.79 Å². The molecular formula is C26H27N5O. The van der Waals surface area contributed by atoms with Crippen molar-refractivity contribution in [2.24, 2.45) is 5.92 Å². The monoisotopic (exact) mass is 425 g/mol. The van der Waals surface area contributed by atoms with Crippen LogP contribution in [0.15, 0.2) is 60.9 Å². The second kappa shape index (κ2) is 8.54. The molecule has 1 aromatic carbocycles. The van der Waals surface area contributed by atoms with Crippen LogP contribution in [0.25, 0.3) is 28.0 Å². The minimum atomic E-state index is 0.285. The van der Waals surface area contributed by atoms with Gasteiger partial charge in [-0.15, -0.1) is 0 Å². The SMILES string of the molecule is CC(=O)CC1CCC(c2cc(N)n3ncc(-c4ccc(-c5ccccc5)nc4)c3n2)CC1. The van der Waals surface area contributed by atoms with Gasteiger partial charge in [0.15, 0.2) is 5.65 Å². The highest BCUT2D eigenvalue weighted by Gasteiger charge is 2.25. The van der Waals surface area contributed by atoms with Crippen molar-refractivity contribution >= 4 is 17.2 Å². The van der Waals surface area contributed by atoms with Crippen molar-refractivity contribution in [3.8, 4) is 22.4 Å². The Labute approximate surface area is 187 Å². The number of carbonyl (C=O) groups is 1. The Balaban J connectivity index is 1.43. The van der Waals surface area contributed by atoms with Crippen LogP contribution in [0.3, 0.4) is 0 Å². The van der Waals surface area contributed by atoms with E-state index in [0.717, 1.165) is 59.4 Å². The van der Waals surface area contributed by atoms with Crippen LogP contribution in [0.4, 0.5) is 5.82 Å². The van der Waals surface area contributed by atoms with E-state index in [2.05, 4.69) is 28.3 Å². The molecular weight excluding hydrogens is 398 g/mol. The van der Waals surface area contributed by atoms with Crippen LogP contribution in [0.5, 0.6) is 0 Å². The molecule has 0 atom stereocenters. The molecule has 3 heterocycles. The van der Waals surface area contributed by atoms with Gasteiger partial charge in [-0.1, -0.05) is 36.4 Å². The number of nitrogens with zero attached hydrogens (tertiary/aromatic N) is 4. The minimum absolute atomic E-state index is 0.285. The lowest BCUT2D eigenvalue weighted by atomic mass is 9.78.